The zero-order valence-electron chi connectivity index (χ0n) is 20.7. The van der Waals surface area contributed by atoms with Gasteiger partial charge in [-0.2, -0.15) is 13.2 Å². The van der Waals surface area contributed by atoms with Crippen LogP contribution in [-0.2, 0) is 11.8 Å². The van der Waals surface area contributed by atoms with Crippen LogP contribution in [0.5, 0.6) is 5.75 Å². The Kier molecular flexibility index (Phi) is 8.09. The lowest BCUT2D eigenvalue weighted by molar-refractivity contribution is -0.130. The zero-order chi connectivity index (χ0) is 28.4. The second-order valence-corrected chi connectivity index (χ2v) is 9.00. The molecule has 2 aromatic carbocycles. The molecule has 0 radical (unpaired) electrons. The van der Waals surface area contributed by atoms with Crippen molar-refractivity contribution in [1.82, 2.24) is 19.4 Å². The highest BCUT2D eigenvalue weighted by molar-refractivity contribution is 6.34. The topological polar surface area (TPSA) is 96.8 Å². The summed E-state index contributed by atoms with van der Waals surface area (Å²) in [7, 11) is 1.39. The summed E-state index contributed by atoms with van der Waals surface area (Å²) in [6.07, 6.45) is 1.13. The van der Waals surface area contributed by atoms with E-state index < -0.39 is 29.9 Å². The summed E-state index contributed by atoms with van der Waals surface area (Å²) in [5.41, 5.74) is 0.155. The lowest BCUT2D eigenvalue weighted by Crippen LogP contribution is -2.50. The summed E-state index contributed by atoms with van der Waals surface area (Å²) in [6.45, 7) is -0.300. The van der Waals surface area contributed by atoms with Crippen LogP contribution in [0.1, 0.15) is 27.9 Å². The molecule has 3 aromatic rings. The minimum absolute atomic E-state index is 0.00370. The molecule has 9 nitrogen and oxygen atoms in total. The van der Waals surface area contributed by atoms with Crippen LogP contribution in [0.15, 0.2) is 36.5 Å². The Balaban J connectivity index is 1.48. The molecule has 3 amide bonds. The Morgan fingerprint density at radius 2 is 1.69 bits per heavy atom. The minimum Gasteiger partial charge on any atom is -0.432 e. The standard InChI is InChI=1S/C25H22ClF4N5O4/c1-13(36)34-7-9-35(10-8-34)24(38)15-4-3-14(11-17(15)26)32-23(37)22-31-12-18(33(22)2)16-5-6-19(39-25(29)30)21(28)20(16)27/h3-6,11-12,25H,7-10H2,1-2H3,(H,32,37). The average Bonchev–Trinajstić information content (AvgIpc) is 3.27. The number of ether oxygens (including phenoxy) is 1. The molecule has 0 unspecified atom stereocenters. The van der Waals surface area contributed by atoms with E-state index in [0.29, 0.717) is 26.2 Å². The zero-order valence-corrected chi connectivity index (χ0v) is 21.4. The number of rotatable bonds is 6. The molecule has 14 heteroatoms. The van der Waals surface area contributed by atoms with Gasteiger partial charge in [0.2, 0.25) is 11.7 Å². The number of hydrogen-bond donors (Lipinski definition) is 1. The maximum atomic E-state index is 14.6. The minimum atomic E-state index is -3.33. The number of benzene rings is 2. The molecule has 2 heterocycles. The van der Waals surface area contributed by atoms with Crippen LogP contribution in [0.3, 0.4) is 0 Å². The first-order chi connectivity index (χ1) is 18.5. The monoisotopic (exact) mass is 567 g/mol. The van der Waals surface area contributed by atoms with Gasteiger partial charge in [-0.1, -0.05) is 11.6 Å². The molecule has 206 valence electrons. The molecular formula is C25H22ClF4N5O4. The van der Waals surface area contributed by atoms with Crippen LogP contribution in [0.2, 0.25) is 5.02 Å². The van der Waals surface area contributed by atoms with E-state index in [4.69, 9.17) is 11.6 Å². The van der Waals surface area contributed by atoms with Crippen LogP contribution in [0, 0.1) is 11.6 Å². The predicted octanol–water partition coefficient (Wildman–Crippen LogP) is 4.18. The van der Waals surface area contributed by atoms with Gasteiger partial charge in [-0.05, 0) is 30.3 Å². The molecule has 0 saturated carbocycles. The molecule has 1 saturated heterocycles. The number of nitrogens with zero attached hydrogens (tertiary/aromatic N) is 4. The molecule has 1 N–H and O–H groups in total. The number of aromatic nitrogens is 2. The summed E-state index contributed by atoms with van der Waals surface area (Å²) in [6, 6.07) is 6.20. The Morgan fingerprint density at radius 3 is 2.31 bits per heavy atom. The van der Waals surface area contributed by atoms with E-state index in [-0.39, 0.29) is 45.2 Å². The van der Waals surface area contributed by atoms with E-state index in [2.05, 4.69) is 15.0 Å². The second-order valence-electron chi connectivity index (χ2n) is 8.59. The number of amides is 3. The quantitative estimate of drug-likeness (QED) is 0.451. The van der Waals surface area contributed by atoms with Crippen molar-refractivity contribution < 1.29 is 36.7 Å². The molecule has 39 heavy (non-hydrogen) atoms. The molecular weight excluding hydrogens is 546 g/mol. The SMILES string of the molecule is CC(=O)N1CCN(C(=O)c2ccc(NC(=O)c3ncc(-c4ccc(OC(F)F)c(F)c4F)n3C)cc2Cl)CC1. The first-order valence-corrected chi connectivity index (χ1v) is 12.0. The smallest absolute Gasteiger partial charge is 0.387 e. The molecule has 1 aromatic heterocycles. The maximum Gasteiger partial charge on any atom is 0.387 e. The fourth-order valence-corrected chi connectivity index (χ4v) is 4.40. The molecule has 1 aliphatic heterocycles. The fourth-order valence-electron chi connectivity index (χ4n) is 4.14. The highest BCUT2D eigenvalue weighted by atomic mass is 35.5. The fraction of sp³-hybridized carbons (Fsp3) is 0.280. The highest BCUT2D eigenvalue weighted by Crippen LogP contribution is 2.31. The molecule has 0 spiro atoms. The largest absolute Gasteiger partial charge is 0.432 e. The average molecular weight is 568 g/mol. The van der Waals surface area contributed by atoms with Crippen molar-refractivity contribution in [2.75, 3.05) is 31.5 Å². The Hall–Kier alpha value is -4.13. The summed E-state index contributed by atoms with van der Waals surface area (Å²) < 4.78 is 58.7. The van der Waals surface area contributed by atoms with Crippen molar-refractivity contribution in [3.8, 4) is 17.0 Å². The van der Waals surface area contributed by atoms with Gasteiger partial charge in [0.05, 0.1) is 22.5 Å². The molecule has 0 bridgehead atoms. The van der Waals surface area contributed by atoms with Crippen LogP contribution in [0.4, 0.5) is 23.2 Å². The normalized spacial score (nSPS) is 13.5. The molecule has 0 aliphatic carbocycles. The summed E-state index contributed by atoms with van der Waals surface area (Å²) in [4.78, 5) is 44.4. The van der Waals surface area contributed by atoms with Crippen molar-refractivity contribution >= 4 is 35.0 Å². The van der Waals surface area contributed by atoms with E-state index >= 15 is 0 Å². The third-order valence-corrected chi connectivity index (χ3v) is 6.51. The van der Waals surface area contributed by atoms with Crippen LogP contribution < -0.4 is 10.1 Å². The molecule has 1 fully saturated rings. The lowest BCUT2D eigenvalue weighted by Gasteiger charge is -2.34. The Morgan fingerprint density at radius 1 is 1.03 bits per heavy atom. The van der Waals surface area contributed by atoms with Gasteiger partial charge in [0.15, 0.2) is 17.4 Å². The first kappa shape index (κ1) is 27.9. The summed E-state index contributed by atoms with van der Waals surface area (Å²) >= 11 is 6.33. The van der Waals surface area contributed by atoms with Gasteiger partial charge in [-0.15, -0.1) is 0 Å². The van der Waals surface area contributed by atoms with Gasteiger partial charge in [0.25, 0.3) is 11.8 Å². The van der Waals surface area contributed by atoms with Crippen molar-refractivity contribution in [3.63, 3.8) is 0 Å². The third-order valence-electron chi connectivity index (χ3n) is 6.20. The number of carbonyl (C=O) groups is 3. The van der Waals surface area contributed by atoms with Gasteiger partial charge >= 0.3 is 6.61 Å². The van der Waals surface area contributed by atoms with E-state index in [1.807, 2.05) is 0 Å². The van der Waals surface area contributed by atoms with Crippen molar-refractivity contribution in [3.05, 3.63) is 64.6 Å². The Bertz CT molecular complexity index is 1440. The van der Waals surface area contributed by atoms with Gasteiger partial charge in [-0.25, -0.2) is 9.37 Å². The van der Waals surface area contributed by atoms with Crippen molar-refractivity contribution in [2.45, 2.75) is 13.5 Å². The third kappa shape index (κ3) is 5.82. The maximum absolute atomic E-state index is 14.6. The van der Waals surface area contributed by atoms with E-state index in [9.17, 15) is 31.9 Å². The molecule has 0 atom stereocenters. The molecule has 4 rings (SSSR count). The van der Waals surface area contributed by atoms with Crippen LogP contribution >= 0.6 is 11.6 Å². The second kappa shape index (κ2) is 11.3. The lowest BCUT2D eigenvalue weighted by atomic mass is 10.1. The van der Waals surface area contributed by atoms with Gasteiger partial charge < -0.3 is 24.4 Å². The summed E-state index contributed by atoms with van der Waals surface area (Å²) in [5.74, 6) is -5.26. The van der Waals surface area contributed by atoms with Crippen molar-refractivity contribution in [2.24, 2.45) is 7.05 Å². The van der Waals surface area contributed by atoms with Gasteiger partial charge in [0, 0.05) is 51.4 Å². The summed E-state index contributed by atoms with van der Waals surface area (Å²) in [5, 5.41) is 2.67. The number of nitrogens with one attached hydrogen (secondary N) is 1. The first-order valence-electron chi connectivity index (χ1n) is 11.6. The number of hydrogen-bond acceptors (Lipinski definition) is 5. The number of piperazine rings is 1. The number of halogens is 5. The Labute approximate surface area is 224 Å². The number of carbonyl (C=O) groups excluding carboxylic acids is 3. The van der Waals surface area contributed by atoms with E-state index in [1.165, 1.54) is 36.7 Å². The molecule has 1 aliphatic rings. The predicted molar refractivity (Wildman–Crippen MR) is 133 cm³/mol. The van der Waals surface area contributed by atoms with E-state index in [0.717, 1.165) is 18.3 Å². The number of anilines is 1. The van der Waals surface area contributed by atoms with Gasteiger partial charge in [-0.3, -0.25) is 14.4 Å². The van der Waals surface area contributed by atoms with Crippen molar-refractivity contribution in [1.29, 1.82) is 0 Å². The van der Waals surface area contributed by atoms with Gasteiger partial charge in [0.1, 0.15) is 0 Å². The van der Waals surface area contributed by atoms with Crippen LogP contribution in [0.25, 0.3) is 11.3 Å². The van der Waals surface area contributed by atoms with Crippen LogP contribution in [-0.4, -0.2) is 69.9 Å². The van der Waals surface area contributed by atoms with E-state index in [1.54, 1.807) is 9.80 Å². The number of alkyl halides is 2. The highest BCUT2D eigenvalue weighted by Gasteiger charge is 2.26. The number of imidazole rings is 1.